The smallest absolute Gasteiger partial charge is 0.274 e. The maximum Gasteiger partial charge on any atom is 0.274 e. The molecule has 0 aliphatic carbocycles. The van der Waals surface area contributed by atoms with Gasteiger partial charge in [0.15, 0.2) is 0 Å². The summed E-state index contributed by atoms with van der Waals surface area (Å²) in [7, 11) is 3.42. The Hall–Kier alpha value is -1.56. The molecule has 0 unspecified atom stereocenters. The number of hydrogen-bond acceptors (Lipinski definition) is 4. The van der Waals surface area contributed by atoms with Crippen LogP contribution in [0.25, 0.3) is 0 Å². The molecule has 1 aromatic heterocycles. The largest absolute Gasteiger partial charge is 0.396 e. The lowest BCUT2D eigenvalue weighted by Crippen LogP contribution is -2.32. The van der Waals surface area contributed by atoms with E-state index in [1.807, 2.05) is 13.8 Å². The zero-order valence-corrected chi connectivity index (χ0v) is 10.8. The second-order valence-corrected chi connectivity index (χ2v) is 4.22. The number of hydrogen-bond donors (Lipinski definition) is 1. The zero-order valence-electron chi connectivity index (χ0n) is 10.8. The summed E-state index contributed by atoms with van der Waals surface area (Å²) in [6, 6.07) is 0. The molecule has 1 heterocycles. The molecule has 6 nitrogen and oxygen atoms in total. The van der Waals surface area contributed by atoms with Gasteiger partial charge in [0.05, 0.1) is 24.6 Å². The molecule has 1 rings (SSSR count). The summed E-state index contributed by atoms with van der Waals surface area (Å²) in [5.74, 6) is -0.144. The van der Waals surface area contributed by atoms with E-state index in [0.29, 0.717) is 24.5 Å². The first-order valence-corrected chi connectivity index (χ1v) is 5.58. The van der Waals surface area contributed by atoms with Crippen LogP contribution in [0.5, 0.6) is 0 Å². The maximum absolute atomic E-state index is 12.1. The summed E-state index contributed by atoms with van der Waals surface area (Å²) < 4.78 is 6.88. The number of nitrogens with zero attached hydrogens (tertiary/aromatic N) is 3. The molecule has 1 aromatic rings. The lowest BCUT2D eigenvalue weighted by molar-refractivity contribution is 0.0527. The molecular formula is C11H20N4O2. The van der Waals surface area contributed by atoms with E-state index in [0.717, 1.165) is 0 Å². The van der Waals surface area contributed by atoms with Gasteiger partial charge >= 0.3 is 0 Å². The van der Waals surface area contributed by atoms with E-state index in [2.05, 4.69) is 5.10 Å². The predicted molar refractivity (Wildman–Crippen MR) is 65.7 cm³/mol. The number of nitrogens with two attached hydrogens (primary N) is 1. The minimum atomic E-state index is -0.144. The van der Waals surface area contributed by atoms with E-state index in [9.17, 15) is 4.79 Å². The number of likely N-dealkylation sites (N-methyl/N-ethyl adjacent to an activating group) is 1. The van der Waals surface area contributed by atoms with E-state index in [4.69, 9.17) is 10.5 Å². The lowest BCUT2D eigenvalue weighted by Gasteiger charge is -2.18. The van der Waals surface area contributed by atoms with Crippen molar-refractivity contribution in [2.45, 2.75) is 20.0 Å². The van der Waals surface area contributed by atoms with Crippen molar-refractivity contribution >= 4 is 11.6 Å². The van der Waals surface area contributed by atoms with Crippen molar-refractivity contribution in [3.63, 3.8) is 0 Å². The van der Waals surface area contributed by atoms with Crippen LogP contribution in [0.3, 0.4) is 0 Å². The molecule has 96 valence electrons. The normalized spacial score (nSPS) is 10.9. The van der Waals surface area contributed by atoms with Crippen LogP contribution in [0.2, 0.25) is 0 Å². The molecule has 0 aliphatic rings. The highest BCUT2D eigenvalue weighted by molar-refractivity contribution is 5.97. The van der Waals surface area contributed by atoms with Crippen molar-refractivity contribution in [3.05, 3.63) is 11.9 Å². The number of aryl methyl sites for hydroxylation is 1. The molecule has 0 saturated carbocycles. The number of aromatic nitrogens is 2. The third-order valence-electron chi connectivity index (χ3n) is 2.39. The molecule has 0 saturated heterocycles. The van der Waals surface area contributed by atoms with Crippen LogP contribution in [0, 0.1) is 0 Å². The fourth-order valence-corrected chi connectivity index (χ4v) is 1.42. The van der Waals surface area contributed by atoms with Crippen molar-refractivity contribution in [3.8, 4) is 0 Å². The number of carbonyl (C=O) groups is 1. The number of carbonyl (C=O) groups excluding carboxylic acids is 1. The fraction of sp³-hybridized carbons (Fsp3) is 0.636. The molecule has 2 N–H and O–H groups in total. The highest BCUT2D eigenvalue weighted by atomic mass is 16.5. The van der Waals surface area contributed by atoms with Crippen LogP contribution < -0.4 is 5.73 Å². The van der Waals surface area contributed by atoms with Gasteiger partial charge in [-0.1, -0.05) is 0 Å². The first-order chi connectivity index (χ1) is 7.93. The van der Waals surface area contributed by atoms with Gasteiger partial charge in [-0.25, -0.2) is 0 Å². The average molecular weight is 240 g/mol. The third kappa shape index (κ3) is 3.45. The number of nitrogen functional groups attached to an aromatic ring is 1. The van der Waals surface area contributed by atoms with Gasteiger partial charge in [-0.2, -0.15) is 5.10 Å². The molecule has 0 aromatic carbocycles. The van der Waals surface area contributed by atoms with Gasteiger partial charge in [0.2, 0.25) is 0 Å². The van der Waals surface area contributed by atoms with Crippen LogP contribution in [-0.4, -0.2) is 46.9 Å². The number of anilines is 1. The average Bonchev–Trinajstić information content (AvgIpc) is 2.57. The molecule has 0 bridgehead atoms. The van der Waals surface area contributed by atoms with Gasteiger partial charge in [-0.15, -0.1) is 0 Å². The topological polar surface area (TPSA) is 73.4 Å². The number of rotatable bonds is 5. The summed E-state index contributed by atoms with van der Waals surface area (Å²) in [6.07, 6.45) is 1.64. The van der Waals surface area contributed by atoms with E-state index < -0.39 is 0 Å². The molecule has 1 amide bonds. The predicted octanol–water partition coefficient (Wildman–Crippen LogP) is 0.499. The molecule has 17 heavy (non-hydrogen) atoms. The van der Waals surface area contributed by atoms with E-state index >= 15 is 0 Å². The summed E-state index contributed by atoms with van der Waals surface area (Å²) in [4.78, 5) is 13.6. The first-order valence-electron chi connectivity index (χ1n) is 5.58. The third-order valence-corrected chi connectivity index (χ3v) is 2.39. The lowest BCUT2D eigenvalue weighted by atomic mass is 10.3. The summed E-state index contributed by atoms with van der Waals surface area (Å²) >= 11 is 0. The Labute approximate surface area is 101 Å². The van der Waals surface area contributed by atoms with Crippen LogP contribution >= 0.6 is 0 Å². The minimum absolute atomic E-state index is 0.144. The number of ether oxygens (including phenoxy) is 1. The summed E-state index contributed by atoms with van der Waals surface area (Å²) in [5, 5.41) is 3.94. The second-order valence-electron chi connectivity index (χ2n) is 4.22. The van der Waals surface area contributed by atoms with Crippen molar-refractivity contribution in [1.29, 1.82) is 0 Å². The van der Waals surface area contributed by atoms with Crippen LogP contribution in [0.1, 0.15) is 24.3 Å². The van der Waals surface area contributed by atoms with Crippen molar-refractivity contribution < 1.29 is 9.53 Å². The van der Waals surface area contributed by atoms with Crippen molar-refractivity contribution in [1.82, 2.24) is 14.7 Å². The quantitative estimate of drug-likeness (QED) is 0.813. The molecule has 0 fully saturated rings. The summed E-state index contributed by atoms with van der Waals surface area (Å²) in [5.41, 5.74) is 6.51. The van der Waals surface area contributed by atoms with Crippen LogP contribution in [0.4, 0.5) is 5.69 Å². The molecule has 0 spiro atoms. The second kappa shape index (κ2) is 5.67. The maximum atomic E-state index is 12.1. The van der Waals surface area contributed by atoms with E-state index in [1.54, 1.807) is 19.0 Å². The Kier molecular flexibility index (Phi) is 4.51. The Morgan fingerprint density at radius 3 is 2.76 bits per heavy atom. The molecule has 0 aliphatic heterocycles. The van der Waals surface area contributed by atoms with Crippen LogP contribution in [0.15, 0.2) is 6.20 Å². The highest BCUT2D eigenvalue weighted by Gasteiger charge is 2.18. The molecule has 6 heteroatoms. The van der Waals surface area contributed by atoms with Gasteiger partial charge in [-0.05, 0) is 13.8 Å². The monoisotopic (exact) mass is 240 g/mol. The zero-order chi connectivity index (χ0) is 13.0. The van der Waals surface area contributed by atoms with Crippen molar-refractivity contribution in [2.75, 3.05) is 25.9 Å². The summed E-state index contributed by atoms with van der Waals surface area (Å²) in [6.45, 7) is 4.96. The van der Waals surface area contributed by atoms with Gasteiger partial charge in [-0.3, -0.25) is 9.48 Å². The number of amides is 1. The molecular weight excluding hydrogens is 220 g/mol. The van der Waals surface area contributed by atoms with Crippen molar-refractivity contribution in [2.24, 2.45) is 7.05 Å². The van der Waals surface area contributed by atoms with Gasteiger partial charge < -0.3 is 15.4 Å². The van der Waals surface area contributed by atoms with Gasteiger partial charge in [0.1, 0.15) is 5.69 Å². The van der Waals surface area contributed by atoms with E-state index in [1.165, 1.54) is 10.9 Å². The van der Waals surface area contributed by atoms with E-state index in [-0.39, 0.29) is 12.0 Å². The molecule has 0 atom stereocenters. The van der Waals surface area contributed by atoms with Crippen LogP contribution in [-0.2, 0) is 11.8 Å². The Morgan fingerprint density at radius 2 is 2.29 bits per heavy atom. The minimum Gasteiger partial charge on any atom is -0.396 e. The van der Waals surface area contributed by atoms with Gasteiger partial charge in [0, 0.05) is 20.6 Å². The highest BCUT2D eigenvalue weighted by Crippen LogP contribution is 2.11. The SMILES string of the molecule is CC(C)OCCN(C)C(=O)c1c(N)cnn1C. The Morgan fingerprint density at radius 1 is 1.65 bits per heavy atom. The Balaban J connectivity index is 2.58. The Bertz CT molecular complexity index is 367. The standard InChI is InChI=1S/C11H20N4O2/c1-8(2)17-6-5-14(3)11(16)10-9(12)7-13-15(10)4/h7-8H,5-6,12H2,1-4H3. The van der Waals surface area contributed by atoms with Gasteiger partial charge in [0.25, 0.3) is 5.91 Å². The fourth-order valence-electron chi connectivity index (χ4n) is 1.42. The first kappa shape index (κ1) is 13.5. The molecule has 0 radical (unpaired) electrons.